The molecule has 0 fully saturated rings. The Labute approximate surface area is 120 Å². The number of fused-ring (bicyclic) bond motifs is 1. The molecule has 2 aromatic carbocycles. The number of aliphatic hydroxyl groups is 1. The van der Waals surface area contributed by atoms with Crippen molar-refractivity contribution in [3.8, 4) is 5.75 Å². The van der Waals surface area contributed by atoms with Crippen LogP contribution < -0.4 is 4.74 Å². The topological polar surface area (TPSA) is 29.5 Å². The maximum atomic E-state index is 10.6. The lowest BCUT2D eigenvalue weighted by Crippen LogP contribution is -2.06. The number of methoxy groups -OCH3 is 1. The predicted octanol–water partition coefficient (Wildman–Crippen LogP) is 3.66. The van der Waals surface area contributed by atoms with Crippen molar-refractivity contribution in [2.24, 2.45) is 0 Å². The van der Waals surface area contributed by atoms with Gasteiger partial charge in [0.25, 0.3) is 0 Å². The van der Waals surface area contributed by atoms with Crippen LogP contribution in [0.25, 0.3) is 0 Å². The van der Waals surface area contributed by atoms with E-state index in [0.29, 0.717) is 0 Å². The summed E-state index contributed by atoms with van der Waals surface area (Å²) in [4.78, 5) is 0. The third kappa shape index (κ3) is 2.56. The Bertz CT molecular complexity index is 604. The average molecular weight is 268 g/mol. The molecule has 104 valence electrons. The molecule has 1 atom stereocenters. The van der Waals surface area contributed by atoms with Crippen LogP contribution in [0, 0.1) is 0 Å². The third-order valence-electron chi connectivity index (χ3n) is 4.10. The monoisotopic (exact) mass is 268 g/mol. The van der Waals surface area contributed by atoms with E-state index in [-0.39, 0.29) is 0 Å². The lowest BCUT2D eigenvalue weighted by molar-refractivity contribution is 0.219. The van der Waals surface area contributed by atoms with Crippen molar-refractivity contribution < 1.29 is 9.84 Å². The number of hydrogen-bond donors (Lipinski definition) is 1. The summed E-state index contributed by atoms with van der Waals surface area (Å²) < 4.78 is 5.22. The van der Waals surface area contributed by atoms with Gasteiger partial charge in [0.2, 0.25) is 0 Å². The zero-order valence-electron chi connectivity index (χ0n) is 11.8. The molecule has 1 N–H and O–H groups in total. The van der Waals surface area contributed by atoms with Gasteiger partial charge in [0.05, 0.1) is 7.11 Å². The second-order valence-electron chi connectivity index (χ2n) is 5.41. The Balaban J connectivity index is 1.91. The van der Waals surface area contributed by atoms with Crippen LogP contribution >= 0.6 is 0 Å². The van der Waals surface area contributed by atoms with Gasteiger partial charge in [-0.05, 0) is 60.1 Å². The molecule has 0 saturated carbocycles. The van der Waals surface area contributed by atoms with E-state index in [0.717, 1.165) is 23.3 Å². The maximum Gasteiger partial charge on any atom is 0.119 e. The third-order valence-corrected chi connectivity index (χ3v) is 4.10. The van der Waals surface area contributed by atoms with Crippen LogP contribution in [0.4, 0.5) is 0 Å². The fourth-order valence-corrected chi connectivity index (χ4v) is 2.93. The summed E-state index contributed by atoms with van der Waals surface area (Å²) in [6.07, 6.45) is 4.26. The molecule has 0 aromatic heterocycles. The van der Waals surface area contributed by atoms with Gasteiger partial charge in [-0.25, -0.2) is 0 Å². The molecule has 3 rings (SSSR count). The van der Waals surface area contributed by atoms with Gasteiger partial charge in [-0.15, -0.1) is 0 Å². The van der Waals surface area contributed by atoms with Crippen molar-refractivity contribution in [2.75, 3.05) is 7.11 Å². The summed E-state index contributed by atoms with van der Waals surface area (Å²) in [6, 6.07) is 14.0. The summed E-state index contributed by atoms with van der Waals surface area (Å²) >= 11 is 0. The summed E-state index contributed by atoms with van der Waals surface area (Å²) in [5.41, 5.74) is 4.69. The van der Waals surface area contributed by atoms with Crippen LogP contribution in [0.3, 0.4) is 0 Å². The Hall–Kier alpha value is -1.80. The molecule has 0 saturated heterocycles. The minimum absolute atomic E-state index is 0.586. The Morgan fingerprint density at radius 2 is 1.70 bits per heavy atom. The van der Waals surface area contributed by atoms with Crippen molar-refractivity contribution in [3.63, 3.8) is 0 Å². The molecule has 0 heterocycles. The molecule has 1 unspecified atom stereocenters. The molecule has 1 aliphatic rings. The molecule has 2 aromatic rings. The lowest BCUT2D eigenvalue weighted by atomic mass is 9.88. The van der Waals surface area contributed by atoms with Crippen LogP contribution in [0.5, 0.6) is 5.75 Å². The SMILES string of the molecule is COc1cccc(C(O)c2ccc3c(c2)CCCC3)c1. The van der Waals surface area contributed by atoms with Crippen LogP contribution in [-0.4, -0.2) is 12.2 Å². The second-order valence-corrected chi connectivity index (χ2v) is 5.41. The van der Waals surface area contributed by atoms with Gasteiger partial charge >= 0.3 is 0 Å². The zero-order chi connectivity index (χ0) is 13.9. The molecule has 0 radical (unpaired) electrons. The predicted molar refractivity (Wildman–Crippen MR) is 80.1 cm³/mol. The minimum Gasteiger partial charge on any atom is -0.497 e. The number of aryl methyl sites for hydroxylation is 2. The average Bonchev–Trinajstić information content (AvgIpc) is 2.53. The van der Waals surface area contributed by atoms with E-state index in [9.17, 15) is 5.11 Å². The molecule has 0 bridgehead atoms. The highest BCUT2D eigenvalue weighted by Crippen LogP contribution is 2.29. The fraction of sp³-hybridized carbons (Fsp3) is 0.333. The van der Waals surface area contributed by atoms with Gasteiger partial charge < -0.3 is 9.84 Å². The maximum absolute atomic E-state index is 10.6. The van der Waals surface area contributed by atoms with Gasteiger partial charge in [0, 0.05) is 0 Å². The van der Waals surface area contributed by atoms with Crippen LogP contribution in [0.2, 0.25) is 0 Å². The number of aliphatic hydroxyl groups excluding tert-OH is 1. The van der Waals surface area contributed by atoms with Gasteiger partial charge in [-0.3, -0.25) is 0 Å². The van der Waals surface area contributed by atoms with Crippen LogP contribution in [-0.2, 0) is 12.8 Å². The Kier molecular flexibility index (Phi) is 3.75. The van der Waals surface area contributed by atoms with Crippen molar-refractivity contribution in [1.82, 2.24) is 0 Å². The van der Waals surface area contributed by atoms with Crippen molar-refractivity contribution >= 4 is 0 Å². The van der Waals surface area contributed by atoms with Crippen molar-refractivity contribution in [3.05, 3.63) is 64.7 Å². The number of rotatable bonds is 3. The Morgan fingerprint density at radius 1 is 0.950 bits per heavy atom. The molecular weight excluding hydrogens is 248 g/mol. The summed E-state index contributed by atoms with van der Waals surface area (Å²) in [6.45, 7) is 0. The Morgan fingerprint density at radius 3 is 2.50 bits per heavy atom. The second kappa shape index (κ2) is 5.68. The molecular formula is C18H20O2. The first-order chi connectivity index (χ1) is 9.78. The van der Waals surface area contributed by atoms with Crippen molar-refractivity contribution in [2.45, 2.75) is 31.8 Å². The van der Waals surface area contributed by atoms with Gasteiger partial charge in [0.15, 0.2) is 0 Å². The van der Waals surface area contributed by atoms with E-state index in [1.54, 1.807) is 7.11 Å². The van der Waals surface area contributed by atoms with E-state index in [2.05, 4.69) is 12.1 Å². The van der Waals surface area contributed by atoms with E-state index in [4.69, 9.17) is 4.74 Å². The first-order valence-electron chi connectivity index (χ1n) is 7.21. The molecule has 0 amide bonds. The summed E-state index contributed by atoms with van der Waals surface area (Å²) in [7, 11) is 1.64. The van der Waals surface area contributed by atoms with E-state index < -0.39 is 6.10 Å². The van der Waals surface area contributed by atoms with Crippen LogP contribution in [0.1, 0.15) is 41.2 Å². The fourth-order valence-electron chi connectivity index (χ4n) is 2.93. The molecule has 0 spiro atoms. The quantitative estimate of drug-likeness (QED) is 0.920. The smallest absolute Gasteiger partial charge is 0.119 e. The zero-order valence-corrected chi connectivity index (χ0v) is 11.8. The number of hydrogen-bond acceptors (Lipinski definition) is 2. The van der Waals surface area contributed by atoms with Gasteiger partial charge in [-0.2, -0.15) is 0 Å². The normalized spacial score (nSPS) is 15.5. The highest BCUT2D eigenvalue weighted by Gasteiger charge is 2.15. The number of ether oxygens (including phenoxy) is 1. The molecule has 1 aliphatic carbocycles. The first-order valence-corrected chi connectivity index (χ1v) is 7.21. The summed E-state index contributed by atoms with van der Waals surface area (Å²) in [5, 5.41) is 10.6. The highest BCUT2D eigenvalue weighted by molar-refractivity contribution is 5.40. The van der Waals surface area contributed by atoms with Crippen LogP contribution in [0.15, 0.2) is 42.5 Å². The summed E-state index contributed by atoms with van der Waals surface area (Å²) in [5.74, 6) is 0.777. The van der Waals surface area contributed by atoms with Gasteiger partial charge in [-0.1, -0.05) is 30.3 Å². The highest BCUT2D eigenvalue weighted by atomic mass is 16.5. The van der Waals surface area contributed by atoms with E-state index in [1.165, 1.54) is 30.4 Å². The lowest BCUT2D eigenvalue weighted by Gasteiger charge is -2.19. The van der Waals surface area contributed by atoms with E-state index in [1.807, 2.05) is 30.3 Å². The molecule has 20 heavy (non-hydrogen) atoms. The first kappa shape index (κ1) is 13.2. The van der Waals surface area contributed by atoms with Crippen molar-refractivity contribution in [1.29, 1.82) is 0 Å². The molecule has 2 nitrogen and oxygen atoms in total. The van der Waals surface area contributed by atoms with Gasteiger partial charge in [0.1, 0.15) is 11.9 Å². The van der Waals surface area contributed by atoms with E-state index >= 15 is 0 Å². The molecule has 2 heteroatoms. The number of benzene rings is 2. The standard InChI is InChI=1S/C18H20O2/c1-20-17-8-4-7-15(12-17)18(19)16-10-9-13-5-2-3-6-14(13)11-16/h4,7-12,18-19H,2-3,5-6H2,1H3. The minimum atomic E-state index is -0.586. The largest absolute Gasteiger partial charge is 0.497 e. The molecule has 0 aliphatic heterocycles.